The Morgan fingerprint density at radius 1 is 1.39 bits per heavy atom. The van der Waals surface area contributed by atoms with E-state index in [1.165, 1.54) is 0 Å². The summed E-state index contributed by atoms with van der Waals surface area (Å²) < 4.78 is 0. The van der Waals surface area contributed by atoms with E-state index in [1.54, 1.807) is 6.92 Å². The molecule has 1 aromatic heterocycles. The Bertz CT molecular complexity index is 421. The molecule has 1 aromatic rings. The number of aryl methyl sites for hydroxylation is 1. The van der Waals surface area contributed by atoms with Crippen molar-refractivity contribution in [3.8, 4) is 0 Å². The number of H-pyrrole nitrogens is 1. The number of carbonyl (C=O) groups is 1. The average molecular weight is 253 g/mol. The zero-order chi connectivity index (χ0) is 13.5. The summed E-state index contributed by atoms with van der Waals surface area (Å²) in [5.74, 6) is -1.11. The normalized spacial score (nSPS) is 11.1. The molecular formula is C11H19N5O2. The fourth-order valence-electron chi connectivity index (χ4n) is 1.52. The van der Waals surface area contributed by atoms with Crippen molar-refractivity contribution in [2.24, 2.45) is 10.3 Å². The molecule has 0 unspecified atom stereocenters. The molecule has 0 fully saturated rings. The molecule has 0 saturated heterocycles. The highest BCUT2D eigenvalue weighted by atomic mass is 16.4. The summed E-state index contributed by atoms with van der Waals surface area (Å²) in [6.07, 6.45) is 1.93. The fourth-order valence-corrected chi connectivity index (χ4v) is 1.52. The van der Waals surface area contributed by atoms with Crippen LogP contribution in [-0.4, -0.2) is 39.4 Å². The maximum absolute atomic E-state index is 10.9. The van der Waals surface area contributed by atoms with Crippen LogP contribution in [0, 0.1) is 6.92 Å². The first-order valence-electron chi connectivity index (χ1n) is 6.05. The van der Waals surface area contributed by atoms with Gasteiger partial charge in [0.05, 0.1) is 5.69 Å². The van der Waals surface area contributed by atoms with Crippen molar-refractivity contribution in [3.63, 3.8) is 0 Å². The molecule has 2 N–H and O–H groups in total. The smallest absolute Gasteiger partial charge is 0.358 e. The summed E-state index contributed by atoms with van der Waals surface area (Å²) in [7, 11) is 0. The highest BCUT2D eigenvalue weighted by molar-refractivity contribution is 5.91. The van der Waals surface area contributed by atoms with Crippen LogP contribution in [0.1, 0.15) is 42.9 Å². The van der Waals surface area contributed by atoms with Gasteiger partial charge in [0, 0.05) is 13.1 Å². The van der Waals surface area contributed by atoms with Gasteiger partial charge in [0.2, 0.25) is 0 Å². The van der Waals surface area contributed by atoms with E-state index < -0.39 is 5.97 Å². The number of nitrogens with one attached hydrogen (secondary N) is 1. The van der Waals surface area contributed by atoms with Gasteiger partial charge in [-0.1, -0.05) is 19.1 Å². The third kappa shape index (κ3) is 3.54. The van der Waals surface area contributed by atoms with E-state index >= 15 is 0 Å². The van der Waals surface area contributed by atoms with Gasteiger partial charge in [-0.15, -0.1) is 5.11 Å². The summed E-state index contributed by atoms with van der Waals surface area (Å²) in [6.45, 7) is 7.44. The van der Waals surface area contributed by atoms with Crippen LogP contribution in [-0.2, 0) is 0 Å². The minimum atomic E-state index is -1.11. The lowest BCUT2D eigenvalue weighted by Gasteiger charge is -2.14. The van der Waals surface area contributed by atoms with Crippen LogP contribution in [0.3, 0.4) is 0 Å². The summed E-state index contributed by atoms with van der Waals surface area (Å²) in [6, 6.07) is 0. The van der Waals surface area contributed by atoms with Crippen molar-refractivity contribution in [2.45, 2.75) is 33.6 Å². The van der Waals surface area contributed by atoms with Crippen LogP contribution >= 0.6 is 0 Å². The van der Waals surface area contributed by atoms with E-state index in [1.807, 2.05) is 5.01 Å². The lowest BCUT2D eigenvalue weighted by Crippen LogP contribution is -2.18. The van der Waals surface area contributed by atoms with Crippen molar-refractivity contribution in [3.05, 3.63) is 11.4 Å². The third-order valence-electron chi connectivity index (χ3n) is 2.35. The molecule has 0 amide bonds. The maximum atomic E-state index is 10.9. The maximum Gasteiger partial charge on any atom is 0.358 e. The van der Waals surface area contributed by atoms with E-state index in [4.69, 9.17) is 5.11 Å². The fraction of sp³-hybridized carbons (Fsp3) is 0.636. The van der Waals surface area contributed by atoms with Gasteiger partial charge in [-0.3, -0.25) is 10.1 Å². The minimum Gasteiger partial charge on any atom is -0.476 e. The summed E-state index contributed by atoms with van der Waals surface area (Å²) in [4.78, 5) is 10.9. The molecule has 1 rings (SSSR count). The summed E-state index contributed by atoms with van der Waals surface area (Å²) in [5.41, 5.74) is 0.799. The van der Waals surface area contributed by atoms with E-state index in [9.17, 15) is 4.79 Å². The molecule has 0 saturated carbocycles. The van der Waals surface area contributed by atoms with Gasteiger partial charge in [-0.2, -0.15) is 5.10 Å². The molecular weight excluding hydrogens is 234 g/mol. The SMILES string of the molecule is CCCN(CCC)N=Nc1c(C(=O)O)n[nH]c1C. The van der Waals surface area contributed by atoms with Crippen molar-refractivity contribution in [2.75, 3.05) is 13.1 Å². The highest BCUT2D eigenvalue weighted by Crippen LogP contribution is 2.21. The average Bonchev–Trinajstić information content (AvgIpc) is 2.68. The van der Waals surface area contributed by atoms with Gasteiger partial charge in [0.1, 0.15) is 5.69 Å². The number of aromatic nitrogens is 2. The lowest BCUT2D eigenvalue weighted by molar-refractivity contribution is 0.0691. The van der Waals surface area contributed by atoms with Crippen molar-refractivity contribution in [1.82, 2.24) is 15.2 Å². The molecule has 18 heavy (non-hydrogen) atoms. The monoisotopic (exact) mass is 253 g/mol. The molecule has 7 nitrogen and oxygen atoms in total. The topological polar surface area (TPSA) is 93.9 Å². The molecule has 0 atom stereocenters. The predicted molar refractivity (Wildman–Crippen MR) is 67.0 cm³/mol. The highest BCUT2D eigenvalue weighted by Gasteiger charge is 2.16. The zero-order valence-electron chi connectivity index (χ0n) is 11.0. The van der Waals surface area contributed by atoms with Gasteiger partial charge in [0.25, 0.3) is 0 Å². The number of carboxylic acid groups (broad SMARTS) is 1. The number of hydrogen-bond acceptors (Lipinski definition) is 4. The first kappa shape index (κ1) is 14.1. The third-order valence-corrected chi connectivity index (χ3v) is 2.35. The molecule has 100 valence electrons. The molecule has 0 aliphatic carbocycles. The lowest BCUT2D eigenvalue weighted by atomic mass is 10.3. The molecule has 0 aliphatic rings. The van der Waals surface area contributed by atoms with Crippen LogP contribution in [0.2, 0.25) is 0 Å². The van der Waals surface area contributed by atoms with Gasteiger partial charge < -0.3 is 5.11 Å². The van der Waals surface area contributed by atoms with Gasteiger partial charge in [-0.25, -0.2) is 4.79 Å². The van der Waals surface area contributed by atoms with Crippen LogP contribution < -0.4 is 0 Å². The standard InChI is InChI=1S/C11H19N5O2/c1-4-6-16(7-5-2)15-14-9-8(3)12-13-10(9)11(17)18/h4-7H2,1-3H3,(H,12,13)(H,17,18). The number of aromatic amines is 1. The Hall–Kier alpha value is -1.92. The van der Waals surface area contributed by atoms with Crippen LogP contribution in [0.4, 0.5) is 5.69 Å². The number of carboxylic acids is 1. The Kier molecular flexibility index (Phi) is 5.29. The van der Waals surface area contributed by atoms with E-state index in [0.29, 0.717) is 11.4 Å². The predicted octanol–water partition coefficient (Wildman–Crippen LogP) is 2.54. The Morgan fingerprint density at radius 3 is 2.50 bits per heavy atom. The Morgan fingerprint density at radius 2 is 2.00 bits per heavy atom. The van der Waals surface area contributed by atoms with Crippen LogP contribution in [0.25, 0.3) is 0 Å². The number of nitrogens with zero attached hydrogens (tertiary/aromatic N) is 4. The van der Waals surface area contributed by atoms with Crippen molar-refractivity contribution < 1.29 is 9.90 Å². The Labute approximate surface area is 106 Å². The second kappa shape index (κ2) is 6.73. The second-order valence-corrected chi connectivity index (χ2v) is 3.99. The zero-order valence-corrected chi connectivity index (χ0v) is 11.0. The number of rotatable bonds is 7. The Balaban J connectivity index is 2.87. The molecule has 0 radical (unpaired) electrons. The number of aromatic carboxylic acids is 1. The van der Waals surface area contributed by atoms with Gasteiger partial charge in [-0.05, 0) is 19.8 Å². The van der Waals surface area contributed by atoms with E-state index in [2.05, 4.69) is 34.4 Å². The van der Waals surface area contributed by atoms with Crippen molar-refractivity contribution >= 4 is 11.7 Å². The van der Waals surface area contributed by atoms with Gasteiger partial charge in [0.15, 0.2) is 5.69 Å². The number of hydrogen-bond donors (Lipinski definition) is 2. The first-order valence-corrected chi connectivity index (χ1v) is 6.05. The van der Waals surface area contributed by atoms with Crippen LogP contribution in [0.5, 0.6) is 0 Å². The summed E-state index contributed by atoms with van der Waals surface area (Å²) in [5, 5.41) is 25.2. The van der Waals surface area contributed by atoms with E-state index in [0.717, 1.165) is 25.9 Å². The molecule has 1 heterocycles. The molecule has 0 bridgehead atoms. The molecule has 7 heteroatoms. The van der Waals surface area contributed by atoms with E-state index in [-0.39, 0.29) is 5.69 Å². The molecule has 0 aliphatic heterocycles. The molecule has 0 aromatic carbocycles. The van der Waals surface area contributed by atoms with Crippen molar-refractivity contribution in [1.29, 1.82) is 0 Å². The quantitative estimate of drug-likeness (QED) is 0.576. The minimum absolute atomic E-state index is 0.0933. The first-order chi connectivity index (χ1) is 8.60. The largest absolute Gasteiger partial charge is 0.476 e. The second-order valence-electron chi connectivity index (χ2n) is 3.99. The van der Waals surface area contributed by atoms with Gasteiger partial charge >= 0.3 is 5.97 Å². The molecule has 0 spiro atoms. The summed E-state index contributed by atoms with van der Waals surface area (Å²) >= 11 is 0. The van der Waals surface area contributed by atoms with Crippen LogP contribution in [0.15, 0.2) is 10.3 Å².